The van der Waals surface area contributed by atoms with E-state index in [4.69, 9.17) is 11.5 Å². The van der Waals surface area contributed by atoms with Crippen LogP contribution >= 0.6 is 21.6 Å². The zero-order valence-corrected chi connectivity index (χ0v) is 14.1. The summed E-state index contributed by atoms with van der Waals surface area (Å²) in [7, 11) is 3.90. The molecule has 0 bridgehead atoms. The summed E-state index contributed by atoms with van der Waals surface area (Å²) in [4.78, 5) is 23.4. The van der Waals surface area contributed by atoms with Gasteiger partial charge in [-0.05, 0) is 38.6 Å². The molecule has 1 saturated heterocycles. The van der Waals surface area contributed by atoms with Gasteiger partial charge in [0.15, 0.2) is 0 Å². The topological polar surface area (TPSA) is 98.2 Å². The number of hydrogen-bond donors (Lipinski definition) is 3. The van der Waals surface area contributed by atoms with Gasteiger partial charge in [0.25, 0.3) is 0 Å². The normalized spacial score (nSPS) is 19.4. The van der Waals surface area contributed by atoms with Crippen molar-refractivity contribution in [3.63, 3.8) is 0 Å². The summed E-state index contributed by atoms with van der Waals surface area (Å²) in [5, 5.41) is 3.14. The molecular weight excluding hydrogens is 306 g/mol. The Morgan fingerprint density at radius 2 is 2.05 bits per heavy atom. The summed E-state index contributed by atoms with van der Waals surface area (Å²) < 4.78 is 0. The van der Waals surface area contributed by atoms with Gasteiger partial charge >= 0.3 is 0 Å². The van der Waals surface area contributed by atoms with Gasteiger partial charge < -0.3 is 11.5 Å². The number of carbonyl (C=O) groups is 2. The minimum Gasteiger partial charge on any atom is -0.330 e. The predicted molar refractivity (Wildman–Crippen MR) is 91.0 cm³/mol. The lowest BCUT2D eigenvalue weighted by Gasteiger charge is -2.11. The second kappa shape index (κ2) is 11.3. The smallest absolute Gasteiger partial charge is 0.243 e. The Morgan fingerprint density at radius 3 is 2.71 bits per heavy atom. The van der Waals surface area contributed by atoms with E-state index in [1.165, 1.54) is 12.2 Å². The highest BCUT2D eigenvalue weighted by atomic mass is 33.1. The number of imide groups is 1. The standard InChI is InChI=1S/C14H27N3O2S2/c15-9-4-3-6-12(16)14(19)17-13(18)7-2-1-5-11-8-10-20-21-11/h11-12H,1-10,15-16H2,(H,17,18,19). The Labute approximate surface area is 135 Å². The van der Waals surface area contributed by atoms with Crippen LogP contribution in [0.3, 0.4) is 0 Å². The van der Waals surface area contributed by atoms with Crippen LogP contribution in [0.1, 0.15) is 51.4 Å². The second-order valence-electron chi connectivity index (χ2n) is 5.38. The SMILES string of the molecule is NCCCCC(N)C(=O)NC(=O)CCCCC1CCSS1. The first-order valence-electron chi connectivity index (χ1n) is 7.71. The first kappa shape index (κ1) is 18.8. The average molecular weight is 334 g/mol. The minimum atomic E-state index is -0.604. The first-order chi connectivity index (χ1) is 10.1. The molecule has 0 aliphatic carbocycles. The van der Waals surface area contributed by atoms with Gasteiger partial charge in [-0.2, -0.15) is 0 Å². The van der Waals surface area contributed by atoms with Gasteiger partial charge in [-0.15, -0.1) is 0 Å². The summed E-state index contributed by atoms with van der Waals surface area (Å²) >= 11 is 0. The van der Waals surface area contributed by atoms with Crippen molar-refractivity contribution in [1.82, 2.24) is 5.32 Å². The number of unbranched alkanes of at least 4 members (excludes halogenated alkanes) is 2. The third-order valence-electron chi connectivity index (χ3n) is 3.48. The van der Waals surface area contributed by atoms with Crippen molar-refractivity contribution in [3.8, 4) is 0 Å². The fourth-order valence-electron chi connectivity index (χ4n) is 2.15. The summed E-state index contributed by atoms with van der Waals surface area (Å²) in [5.74, 6) is 0.675. The van der Waals surface area contributed by atoms with Crippen molar-refractivity contribution in [1.29, 1.82) is 0 Å². The molecule has 1 fully saturated rings. The number of nitrogens with two attached hydrogens (primary N) is 2. The number of amides is 2. The maximum Gasteiger partial charge on any atom is 0.243 e. The molecule has 0 saturated carbocycles. The van der Waals surface area contributed by atoms with E-state index in [0.29, 0.717) is 19.4 Å². The van der Waals surface area contributed by atoms with Crippen LogP contribution in [-0.2, 0) is 9.59 Å². The Hall–Kier alpha value is -0.240. The van der Waals surface area contributed by atoms with Crippen molar-refractivity contribution in [2.24, 2.45) is 11.5 Å². The zero-order valence-electron chi connectivity index (χ0n) is 12.5. The van der Waals surface area contributed by atoms with Crippen molar-refractivity contribution >= 4 is 33.4 Å². The number of nitrogens with one attached hydrogen (secondary N) is 1. The highest BCUT2D eigenvalue weighted by Crippen LogP contribution is 2.39. The van der Waals surface area contributed by atoms with Gasteiger partial charge in [0.05, 0.1) is 6.04 Å². The third-order valence-corrected chi connectivity index (χ3v) is 6.48. The molecular formula is C14H27N3O2S2. The van der Waals surface area contributed by atoms with Gasteiger partial charge in [0.2, 0.25) is 11.8 Å². The molecule has 0 radical (unpaired) electrons. The fourth-order valence-corrected chi connectivity index (χ4v) is 5.18. The molecule has 1 rings (SSSR count). The van der Waals surface area contributed by atoms with Crippen LogP contribution in [0.2, 0.25) is 0 Å². The van der Waals surface area contributed by atoms with E-state index >= 15 is 0 Å². The number of rotatable bonds is 10. The highest BCUT2D eigenvalue weighted by molar-refractivity contribution is 8.77. The summed E-state index contributed by atoms with van der Waals surface area (Å²) in [6, 6.07) is -0.604. The van der Waals surface area contributed by atoms with Crippen LogP contribution in [0.15, 0.2) is 0 Å². The average Bonchev–Trinajstić information content (AvgIpc) is 2.97. The van der Waals surface area contributed by atoms with Gasteiger partial charge in [-0.25, -0.2) is 0 Å². The van der Waals surface area contributed by atoms with Crippen molar-refractivity contribution in [3.05, 3.63) is 0 Å². The predicted octanol–water partition coefficient (Wildman–Crippen LogP) is 1.80. The van der Waals surface area contributed by atoms with E-state index in [0.717, 1.165) is 37.4 Å². The quantitative estimate of drug-likeness (QED) is 0.416. The van der Waals surface area contributed by atoms with Crippen molar-refractivity contribution in [2.45, 2.75) is 62.7 Å². The molecule has 0 spiro atoms. The van der Waals surface area contributed by atoms with Gasteiger partial charge in [-0.1, -0.05) is 34.4 Å². The van der Waals surface area contributed by atoms with Gasteiger partial charge in [0.1, 0.15) is 0 Å². The van der Waals surface area contributed by atoms with Crippen LogP contribution in [-0.4, -0.2) is 35.4 Å². The molecule has 5 nitrogen and oxygen atoms in total. The molecule has 0 aromatic carbocycles. The molecule has 2 amide bonds. The first-order valence-corrected chi connectivity index (χ1v) is 10.1. The molecule has 1 aliphatic rings. The Balaban J connectivity index is 2.04. The monoisotopic (exact) mass is 333 g/mol. The molecule has 0 aromatic rings. The largest absolute Gasteiger partial charge is 0.330 e. The van der Waals surface area contributed by atoms with Crippen LogP contribution in [0, 0.1) is 0 Å². The molecule has 122 valence electrons. The van der Waals surface area contributed by atoms with Crippen LogP contribution < -0.4 is 16.8 Å². The molecule has 2 atom stereocenters. The van der Waals surface area contributed by atoms with E-state index in [-0.39, 0.29) is 11.8 Å². The molecule has 2 unspecified atom stereocenters. The van der Waals surface area contributed by atoms with E-state index in [1.54, 1.807) is 0 Å². The lowest BCUT2D eigenvalue weighted by atomic mass is 10.1. The Bertz CT molecular complexity index is 323. The van der Waals surface area contributed by atoms with Gasteiger partial charge in [-0.3, -0.25) is 14.9 Å². The lowest BCUT2D eigenvalue weighted by molar-refractivity contribution is -0.131. The van der Waals surface area contributed by atoms with Gasteiger partial charge in [0, 0.05) is 17.4 Å². The molecule has 7 heteroatoms. The third kappa shape index (κ3) is 8.70. The fraction of sp³-hybridized carbons (Fsp3) is 0.857. The van der Waals surface area contributed by atoms with E-state index < -0.39 is 6.04 Å². The van der Waals surface area contributed by atoms with E-state index in [2.05, 4.69) is 5.32 Å². The van der Waals surface area contributed by atoms with E-state index in [9.17, 15) is 9.59 Å². The zero-order chi connectivity index (χ0) is 15.5. The second-order valence-corrected chi connectivity index (χ2v) is 8.17. The highest BCUT2D eigenvalue weighted by Gasteiger charge is 2.17. The van der Waals surface area contributed by atoms with E-state index in [1.807, 2.05) is 21.6 Å². The summed E-state index contributed by atoms with van der Waals surface area (Å²) in [6.45, 7) is 0.602. The maximum atomic E-state index is 11.7. The summed E-state index contributed by atoms with van der Waals surface area (Å²) in [6.07, 6.45) is 6.97. The van der Waals surface area contributed by atoms with Crippen LogP contribution in [0.5, 0.6) is 0 Å². The number of carbonyl (C=O) groups excluding carboxylic acids is 2. The molecule has 21 heavy (non-hydrogen) atoms. The van der Waals surface area contributed by atoms with Crippen LogP contribution in [0.4, 0.5) is 0 Å². The van der Waals surface area contributed by atoms with Crippen molar-refractivity contribution in [2.75, 3.05) is 12.3 Å². The Morgan fingerprint density at radius 1 is 1.24 bits per heavy atom. The molecule has 5 N–H and O–H groups in total. The Kier molecular flexibility index (Phi) is 10.2. The lowest BCUT2D eigenvalue weighted by Crippen LogP contribution is -2.43. The number of hydrogen-bond acceptors (Lipinski definition) is 6. The maximum absolute atomic E-state index is 11.7. The van der Waals surface area contributed by atoms with Crippen LogP contribution in [0.25, 0.3) is 0 Å². The van der Waals surface area contributed by atoms with Crippen molar-refractivity contribution < 1.29 is 9.59 Å². The molecule has 1 heterocycles. The minimum absolute atomic E-state index is 0.206. The molecule has 1 aliphatic heterocycles. The molecule has 0 aromatic heterocycles. The summed E-state index contributed by atoms with van der Waals surface area (Å²) in [5.41, 5.74) is 11.1.